The van der Waals surface area contributed by atoms with Crippen LogP contribution in [0.3, 0.4) is 0 Å². The number of nitroso groups, excluding NO2 is 1. The summed E-state index contributed by atoms with van der Waals surface area (Å²) in [4.78, 5) is 14.4. The third-order valence-electron chi connectivity index (χ3n) is 2.91. The number of benzene rings is 1. The highest BCUT2D eigenvalue weighted by molar-refractivity contribution is 5.85. The first-order valence-corrected chi connectivity index (χ1v) is 6.24. The van der Waals surface area contributed by atoms with Gasteiger partial charge in [-0.25, -0.2) is 4.99 Å². The number of amidine groups is 1. The molecule has 1 aromatic rings. The summed E-state index contributed by atoms with van der Waals surface area (Å²) in [6.07, 6.45) is 0.827. The van der Waals surface area contributed by atoms with Gasteiger partial charge in [0.15, 0.2) is 17.3 Å². The van der Waals surface area contributed by atoms with E-state index in [4.69, 9.17) is 19.9 Å². The molecule has 0 saturated carbocycles. The highest BCUT2D eigenvalue weighted by Gasteiger charge is 2.20. The predicted octanol–water partition coefficient (Wildman–Crippen LogP) is 2.26. The monoisotopic (exact) mass is 279 g/mol. The van der Waals surface area contributed by atoms with E-state index in [1.165, 1.54) is 14.0 Å². The zero-order valence-electron chi connectivity index (χ0n) is 11.5. The minimum Gasteiger partial charge on any atom is -0.493 e. The van der Waals surface area contributed by atoms with Crippen molar-refractivity contribution in [2.24, 2.45) is 10.2 Å². The number of aliphatic imine (C=N–C) groups is 1. The molecule has 108 valence electrons. The summed E-state index contributed by atoms with van der Waals surface area (Å²) in [5.41, 5.74) is 6.72. The number of anilines is 1. The second-order valence-corrected chi connectivity index (χ2v) is 4.42. The van der Waals surface area contributed by atoms with E-state index >= 15 is 0 Å². The van der Waals surface area contributed by atoms with E-state index in [-0.39, 0.29) is 11.9 Å². The second-order valence-electron chi connectivity index (χ2n) is 4.42. The van der Waals surface area contributed by atoms with Crippen LogP contribution in [-0.2, 0) is 4.74 Å². The Hall–Kier alpha value is -2.15. The molecule has 1 aromatic carbocycles. The Morgan fingerprint density at radius 3 is 2.85 bits per heavy atom. The molecule has 1 aliphatic rings. The third kappa shape index (κ3) is 3.24. The Balaban J connectivity index is 2.29. The summed E-state index contributed by atoms with van der Waals surface area (Å²) >= 11 is 0. The van der Waals surface area contributed by atoms with Crippen LogP contribution >= 0.6 is 0 Å². The number of nitrogens with two attached hydrogens (primary N) is 1. The summed E-state index contributed by atoms with van der Waals surface area (Å²) in [7, 11) is 1.53. The zero-order chi connectivity index (χ0) is 14.5. The lowest BCUT2D eigenvalue weighted by Crippen LogP contribution is -2.16. The van der Waals surface area contributed by atoms with Gasteiger partial charge in [0.2, 0.25) is 0 Å². The maximum Gasteiger partial charge on any atom is 0.170 e. The van der Waals surface area contributed by atoms with Gasteiger partial charge in [-0.2, -0.15) is 0 Å². The molecule has 0 aromatic heterocycles. The van der Waals surface area contributed by atoms with Gasteiger partial charge in [-0.05, 0) is 12.1 Å². The molecule has 0 amide bonds. The van der Waals surface area contributed by atoms with E-state index in [0.717, 1.165) is 6.42 Å². The maximum atomic E-state index is 10.4. The molecule has 2 N–H and O–H groups in total. The van der Waals surface area contributed by atoms with Crippen molar-refractivity contribution in [3.05, 3.63) is 17.0 Å². The van der Waals surface area contributed by atoms with Crippen molar-refractivity contribution in [3.63, 3.8) is 0 Å². The maximum absolute atomic E-state index is 10.4. The standard InChI is InChI=1S/C13H17N3O4/c1-8(16-17)15-11-6-12(18-2)13(5-10(11)14)20-9-3-4-19-7-9/h5-6,9H,3-4,7,14H2,1-2H3. The number of methoxy groups -OCH3 is 1. The van der Waals surface area contributed by atoms with E-state index in [0.29, 0.717) is 36.1 Å². The van der Waals surface area contributed by atoms with Gasteiger partial charge < -0.3 is 19.9 Å². The molecule has 0 aliphatic carbocycles. The van der Waals surface area contributed by atoms with Crippen molar-refractivity contribution in [1.29, 1.82) is 0 Å². The van der Waals surface area contributed by atoms with Gasteiger partial charge >= 0.3 is 0 Å². The fraction of sp³-hybridized carbons (Fsp3) is 0.462. The minimum absolute atomic E-state index is 0.00368. The molecule has 1 heterocycles. The molecule has 1 fully saturated rings. The van der Waals surface area contributed by atoms with Crippen LogP contribution in [0.4, 0.5) is 11.4 Å². The molecule has 7 nitrogen and oxygen atoms in total. The molecular weight excluding hydrogens is 262 g/mol. The summed E-state index contributed by atoms with van der Waals surface area (Å²) in [6, 6.07) is 3.25. The van der Waals surface area contributed by atoms with Gasteiger partial charge in [-0.3, -0.25) is 0 Å². The molecule has 0 spiro atoms. The summed E-state index contributed by atoms with van der Waals surface area (Å²) in [5, 5.41) is 2.74. The summed E-state index contributed by atoms with van der Waals surface area (Å²) < 4.78 is 16.3. The highest BCUT2D eigenvalue weighted by Crippen LogP contribution is 2.37. The first-order valence-electron chi connectivity index (χ1n) is 6.24. The number of hydrogen-bond acceptors (Lipinski definition) is 6. The first kappa shape index (κ1) is 14.3. The molecule has 7 heteroatoms. The van der Waals surface area contributed by atoms with Crippen molar-refractivity contribution in [1.82, 2.24) is 0 Å². The average Bonchev–Trinajstić information content (AvgIpc) is 2.94. The third-order valence-corrected chi connectivity index (χ3v) is 2.91. The quantitative estimate of drug-likeness (QED) is 0.395. The lowest BCUT2D eigenvalue weighted by molar-refractivity contribution is 0.139. The fourth-order valence-corrected chi connectivity index (χ4v) is 1.89. The van der Waals surface area contributed by atoms with E-state index in [1.54, 1.807) is 12.1 Å². The Kier molecular flexibility index (Phi) is 4.52. The molecule has 20 heavy (non-hydrogen) atoms. The molecule has 1 atom stereocenters. The number of hydrogen-bond donors (Lipinski definition) is 1. The molecule has 2 rings (SSSR count). The SMILES string of the molecule is COc1cc(N=C(C)N=O)c(N)cc1OC1CCOC1. The molecule has 0 radical (unpaired) electrons. The van der Waals surface area contributed by atoms with E-state index < -0.39 is 0 Å². The summed E-state index contributed by atoms with van der Waals surface area (Å²) in [6.45, 7) is 2.74. The Bertz CT molecular complexity index is 525. The summed E-state index contributed by atoms with van der Waals surface area (Å²) in [5.74, 6) is 1.14. The van der Waals surface area contributed by atoms with Gasteiger partial charge in [0.05, 0.1) is 31.7 Å². The number of nitrogens with zero attached hydrogens (tertiary/aromatic N) is 2. The van der Waals surface area contributed by atoms with Crippen LogP contribution in [0.2, 0.25) is 0 Å². The Morgan fingerprint density at radius 2 is 2.25 bits per heavy atom. The van der Waals surface area contributed by atoms with Crippen LogP contribution in [0.5, 0.6) is 11.5 Å². The highest BCUT2D eigenvalue weighted by atomic mass is 16.6. The van der Waals surface area contributed by atoms with Crippen molar-refractivity contribution < 1.29 is 14.2 Å². The van der Waals surface area contributed by atoms with Crippen molar-refractivity contribution >= 4 is 17.2 Å². The van der Waals surface area contributed by atoms with Crippen LogP contribution in [0.25, 0.3) is 0 Å². The van der Waals surface area contributed by atoms with Gasteiger partial charge in [-0.1, -0.05) is 0 Å². The van der Waals surface area contributed by atoms with Crippen LogP contribution in [0.1, 0.15) is 13.3 Å². The van der Waals surface area contributed by atoms with Crippen molar-refractivity contribution in [2.75, 3.05) is 26.1 Å². The largest absolute Gasteiger partial charge is 0.493 e. The number of nitrogen functional groups attached to an aromatic ring is 1. The first-order chi connectivity index (χ1) is 9.63. The minimum atomic E-state index is -0.00368. The lowest BCUT2D eigenvalue weighted by atomic mass is 10.2. The smallest absolute Gasteiger partial charge is 0.170 e. The van der Waals surface area contributed by atoms with E-state index in [9.17, 15) is 4.91 Å². The van der Waals surface area contributed by atoms with Crippen LogP contribution in [0.15, 0.2) is 22.3 Å². The van der Waals surface area contributed by atoms with Crippen LogP contribution < -0.4 is 15.2 Å². The zero-order valence-corrected chi connectivity index (χ0v) is 11.5. The number of rotatable bonds is 4. The topological polar surface area (TPSA) is 95.5 Å². The molecule has 1 aliphatic heterocycles. The average molecular weight is 279 g/mol. The lowest BCUT2D eigenvalue weighted by Gasteiger charge is -2.16. The molecule has 1 unspecified atom stereocenters. The van der Waals surface area contributed by atoms with Gasteiger partial charge in [-0.15, -0.1) is 4.91 Å². The number of ether oxygens (including phenoxy) is 3. The van der Waals surface area contributed by atoms with E-state index in [1.807, 2.05) is 0 Å². The van der Waals surface area contributed by atoms with Crippen LogP contribution in [-0.4, -0.2) is 32.3 Å². The normalized spacial score (nSPS) is 18.9. The van der Waals surface area contributed by atoms with Gasteiger partial charge in [0.25, 0.3) is 0 Å². The van der Waals surface area contributed by atoms with Gasteiger partial charge in [0, 0.05) is 18.6 Å². The Morgan fingerprint density at radius 1 is 1.45 bits per heavy atom. The fourth-order valence-electron chi connectivity index (χ4n) is 1.89. The van der Waals surface area contributed by atoms with Crippen molar-refractivity contribution in [2.45, 2.75) is 19.4 Å². The van der Waals surface area contributed by atoms with Gasteiger partial charge in [0.1, 0.15) is 6.10 Å². The Labute approximate surface area is 116 Å². The van der Waals surface area contributed by atoms with Crippen molar-refractivity contribution in [3.8, 4) is 11.5 Å². The molecule has 1 saturated heterocycles. The van der Waals surface area contributed by atoms with Crippen LogP contribution in [0, 0.1) is 4.91 Å². The molecule has 0 bridgehead atoms. The molecular formula is C13H17N3O4. The second kappa shape index (κ2) is 6.33. The van der Waals surface area contributed by atoms with E-state index in [2.05, 4.69) is 10.2 Å². The predicted molar refractivity (Wildman–Crippen MR) is 75.8 cm³/mol.